The third kappa shape index (κ3) is 6.65. The monoisotopic (exact) mass is 269 g/mol. The number of nitrogens with two attached hydrogens (primary N) is 1. The highest BCUT2D eigenvalue weighted by Gasteiger charge is 2.32. The van der Waals surface area contributed by atoms with E-state index in [1.165, 1.54) is 4.90 Å². The number of amides is 1. The molecule has 0 aliphatic carbocycles. The first-order chi connectivity index (χ1) is 8.37. The zero-order valence-electron chi connectivity index (χ0n) is 10.0. The van der Waals surface area contributed by atoms with Gasteiger partial charge in [0, 0.05) is 12.6 Å². The van der Waals surface area contributed by atoms with Gasteiger partial charge in [-0.25, -0.2) is 4.79 Å². The maximum absolute atomic E-state index is 12.1. The van der Waals surface area contributed by atoms with Gasteiger partial charge in [0.2, 0.25) is 0 Å². The summed E-state index contributed by atoms with van der Waals surface area (Å²) in [5.41, 5.74) is 4.79. The summed E-state index contributed by atoms with van der Waals surface area (Å²) in [6.45, 7) is 0.650. The molecule has 5 nitrogen and oxygen atoms in total. The van der Waals surface area contributed by atoms with Crippen molar-refractivity contribution >= 4 is 6.09 Å². The van der Waals surface area contributed by atoms with Gasteiger partial charge in [0.25, 0.3) is 0 Å². The molecule has 0 aromatic rings. The number of alkyl halides is 3. The van der Waals surface area contributed by atoms with Gasteiger partial charge in [0.15, 0.2) is 0 Å². The fourth-order valence-electron chi connectivity index (χ4n) is 1.96. The molecule has 0 saturated carbocycles. The van der Waals surface area contributed by atoms with Crippen LogP contribution in [0, 0.1) is 0 Å². The third-order valence-corrected chi connectivity index (χ3v) is 2.77. The molecule has 1 heterocycles. The van der Waals surface area contributed by atoms with Gasteiger partial charge < -0.3 is 15.8 Å². The maximum Gasteiger partial charge on any atom is 0.404 e. The average molecular weight is 269 g/mol. The first-order valence-electron chi connectivity index (χ1n) is 5.81. The quantitative estimate of drug-likeness (QED) is 0.721. The number of nitrogens with one attached hydrogen (secondary N) is 1. The molecule has 1 fully saturated rings. The molecule has 3 N–H and O–H groups in total. The Morgan fingerprint density at radius 2 is 2.00 bits per heavy atom. The Morgan fingerprint density at radius 3 is 2.50 bits per heavy atom. The van der Waals surface area contributed by atoms with E-state index in [4.69, 9.17) is 5.73 Å². The van der Waals surface area contributed by atoms with Crippen LogP contribution in [-0.2, 0) is 4.74 Å². The predicted octanol–water partition coefficient (Wildman–Crippen LogP) is 0.698. The van der Waals surface area contributed by atoms with Gasteiger partial charge in [-0.3, -0.25) is 4.90 Å². The lowest BCUT2D eigenvalue weighted by molar-refractivity contribution is -0.148. The first-order valence-corrected chi connectivity index (χ1v) is 5.81. The molecule has 0 aromatic carbocycles. The minimum Gasteiger partial charge on any atom is -0.448 e. The Labute approximate surface area is 103 Å². The Balaban J connectivity index is 2.10. The zero-order chi connectivity index (χ0) is 13.6. The molecular formula is C10H18F3N3O2. The molecule has 0 atom stereocenters. The highest BCUT2D eigenvalue weighted by molar-refractivity contribution is 5.64. The zero-order valence-corrected chi connectivity index (χ0v) is 10.0. The van der Waals surface area contributed by atoms with Crippen molar-refractivity contribution < 1.29 is 22.7 Å². The number of piperidine rings is 1. The summed E-state index contributed by atoms with van der Waals surface area (Å²) in [5, 5.41) is 3.12. The number of rotatable bonds is 5. The molecule has 1 saturated heterocycles. The second kappa shape index (κ2) is 6.79. The molecule has 106 valence electrons. The van der Waals surface area contributed by atoms with E-state index in [-0.39, 0.29) is 12.6 Å². The van der Waals surface area contributed by atoms with E-state index in [2.05, 4.69) is 10.1 Å². The van der Waals surface area contributed by atoms with E-state index in [9.17, 15) is 18.0 Å². The Bertz CT molecular complexity index is 266. The highest BCUT2D eigenvalue weighted by Crippen LogP contribution is 2.19. The van der Waals surface area contributed by atoms with Crippen LogP contribution in [0.4, 0.5) is 18.0 Å². The summed E-state index contributed by atoms with van der Waals surface area (Å²) in [4.78, 5) is 11.7. The molecule has 8 heteroatoms. The number of carbonyl (C=O) groups excluding carboxylic acids is 1. The molecule has 18 heavy (non-hydrogen) atoms. The lowest BCUT2D eigenvalue weighted by Crippen LogP contribution is -2.46. The van der Waals surface area contributed by atoms with Crippen LogP contribution in [-0.4, -0.2) is 56.0 Å². The fraction of sp³-hybridized carbons (Fsp3) is 0.900. The number of carbonyl (C=O) groups is 1. The number of hydrogen-bond donors (Lipinski definition) is 2. The van der Waals surface area contributed by atoms with Crippen LogP contribution < -0.4 is 11.1 Å². The summed E-state index contributed by atoms with van der Waals surface area (Å²) < 4.78 is 41.0. The molecule has 0 bridgehead atoms. The molecule has 0 aromatic heterocycles. The number of halogens is 3. The molecule has 0 unspecified atom stereocenters. The predicted molar refractivity (Wildman–Crippen MR) is 59.1 cm³/mol. The normalized spacial score (nSPS) is 18.8. The third-order valence-electron chi connectivity index (χ3n) is 2.77. The highest BCUT2D eigenvalue weighted by atomic mass is 19.4. The van der Waals surface area contributed by atoms with E-state index in [1.54, 1.807) is 0 Å². The second-order valence-corrected chi connectivity index (χ2v) is 4.29. The number of hydrogen-bond acceptors (Lipinski definition) is 4. The van der Waals surface area contributed by atoms with E-state index in [0.717, 1.165) is 0 Å². The van der Waals surface area contributed by atoms with Crippen LogP contribution in [0.2, 0.25) is 0 Å². The maximum atomic E-state index is 12.1. The van der Waals surface area contributed by atoms with Crippen molar-refractivity contribution in [2.24, 2.45) is 5.73 Å². The fourth-order valence-corrected chi connectivity index (χ4v) is 1.96. The molecule has 1 amide bonds. The smallest absolute Gasteiger partial charge is 0.404 e. The van der Waals surface area contributed by atoms with Crippen molar-refractivity contribution in [1.29, 1.82) is 0 Å². The number of nitrogens with zero attached hydrogens (tertiary/aromatic N) is 1. The van der Waals surface area contributed by atoms with Gasteiger partial charge in [-0.05, 0) is 25.9 Å². The van der Waals surface area contributed by atoms with E-state index < -0.39 is 18.8 Å². The minimum absolute atomic E-state index is 0.172. The van der Waals surface area contributed by atoms with Gasteiger partial charge in [-0.15, -0.1) is 0 Å². The lowest BCUT2D eigenvalue weighted by Gasteiger charge is -2.32. The average Bonchev–Trinajstić information content (AvgIpc) is 2.24. The van der Waals surface area contributed by atoms with Crippen molar-refractivity contribution in [2.45, 2.75) is 25.1 Å². The van der Waals surface area contributed by atoms with Crippen LogP contribution in [0.3, 0.4) is 0 Å². The number of ether oxygens (including phenoxy) is 1. The van der Waals surface area contributed by atoms with E-state index >= 15 is 0 Å². The van der Waals surface area contributed by atoms with Crippen LogP contribution in [0.1, 0.15) is 12.8 Å². The minimum atomic E-state index is -4.13. The van der Waals surface area contributed by atoms with Crippen molar-refractivity contribution in [1.82, 2.24) is 10.2 Å². The molecule has 0 spiro atoms. The molecule has 0 radical (unpaired) electrons. The summed E-state index contributed by atoms with van der Waals surface area (Å²) in [6, 6.07) is 0.172. The van der Waals surface area contributed by atoms with Crippen LogP contribution in [0.25, 0.3) is 0 Å². The first kappa shape index (κ1) is 15.0. The molecule has 1 aliphatic rings. The van der Waals surface area contributed by atoms with Crippen molar-refractivity contribution in [3.63, 3.8) is 0 Å². The van der Waals surface area contributed by atoms with Gasteiger partial charge in [0.1, 0.15) is 6.61 Å². The topological polar surface area (TPSA) is 67.6 Å². The SMILES string of the molecule is NC(=O)OCCNC1CCN(CC(F)(F)F)CC1. The van der Waals surface area contributed by atoms with Gasteiger partial charge in [-0.1, -0.05) is 0 Å². The van der Waals surface area contributed by atoms with Crippen molar-refractivity contribution in [3.8, 4) is 0 Å². The summed E-state index contributed by atoms with van der Waals surface area (Å²) in [7, 11) is 0. The number of primary amides is 1. The Morgan fingerprint density at radius 1 is 1.39 bits per heavy atom. The van der Waals surface area contributed by atoms with Crippen molar-refractivity contribution in [3.05, 3.63) is 0 Å². The summed E-state index contributed by atoms with van der Waals surface area (Å²) >= 11 is 0. The largest absolute Gasteiger partial charge is 0.448 e. The lowest BCUT2D eigenvalue weighted by atomic mass is 10.1. The Hall–Kier alpha value is -1.02. The van der Waals surface area contributed by atoms with Crippen LogP contribution >= 0.6 is 0 Å². The van der Waals surface area contributed by atoms with Crippen molar-refractivity contribution in [2.75, 3.05) is 32.8 Å². The second-order valence-electron chi connectivity index (χ2n) is 4.29. The number of likely N-dealkylation sites (tertiary alicyclic amines) is 1. The Kier molecular flexibility index (Phi) is 5.67. The molecule has 1 aliphatic heterocycles. The van der Waals surface area contributed by atoms with E-state index in [0.29, 0.717) is 32.5 Å². The standard InChI is InChI=1S/C10H18F3N3O2/c11-10(12,13)7-16-4-1-8(2-5-16)15-3-6-18-9(14)17/h8,15H,1-7H2,(H2,14,17). The van der Waals surface area contributed by atoms with Gasteiger partial charge in [-0.2, -0.15) is 13.2 Å². The summed E-state index contributed by atoms with van der Waals surface area (Å²) in [5.74, 6) is 0. The summed E-state index contributed by atoms with van der Waals surface area (Å²) in [6.07, 6.45) is -3.63. The molecular weight excluding hydrogens is 251 g/mol. The van der Waals surface area contributed by atoms with Gasteiger partial charge in [0.05, 0.1) is 6.54 Å². The molecule has 1 rings (SSSR count). The van der Waals surface area contributed by atoms with Gasteiger partial charge >= 0.3 is 12.3 Å². The van der Waals surface area contributed by atoms with Crippen LogP contribution in [0.5, 0.6) is 0 Å². The van der Waals surface area contributed by atoms with Crippen LogP contribution in [0.15, 0.2) is 0 Å². The van der Waals surface area contributed by atoms with E-state index in [1.807, 2.05) is 0 Å².